The number of carbonyl (C=O) groups excluding carboxylic acids is 1. The molecule has 0 bridgehead atoms. The minimum Gasteiger partial charge on any atom is -0.495 e. The molecule has 1 atom stereocenters. The molecule has 2 aromatic carbocycles. The summed E-state index contributed by atoms with van der Waals surface area (Å²) in [4.78, 5) is 15.1. The van der Waals surface area contributed by atoms with Gasteiger partial charge in [-0.1, -0.05) is 24.3 Å². The van der Waals surface area contributed by atoms with Crippen LogP contribution in [0.15, 0.2) is 47.4 Å². The first-order chi connectivity index (χ1) is 14.2. The Morgan fingerprint density at radius 1 is 1.07 bits per heavy atom. The zero-order valence-electron chi connectivity index (χ0n) is 17.9. The van der Waals surface area contributed by atoms with Crippen molar-refractivity contribution in [2.24, 2.45) is 0 Å². The zero-order valence-corrected chi connectivity index (χ0v) is 18.7. The number of rotatable bonds is 6. The third-order valence-corrected chi connectivity index (χ3v) is 7.57. The summed E-state index contributed by atoms with van der Waals surface area (Å²) < 4.78 is 33.0. The molecule has 0 aromatic heterocycles. The molecule has 2 aromatic rings. The largest absolute Gasteiger partial charge is 0.495 e. The number of carbonyl (C=O) groups is 1. The van der Waals surface area contributed by atoms with E-state index in [0.29, 0.717) is 42.5 Å². The van der Waals surface area contributed by atoms with Crippen LogP contribution in [0.2, 0.25) is 0 Å². The molecule has 1 aliphatic rings. The number of nitrogens with zero attached hydrogens (tertiary/aromatic N) is 2. The zero-order chi connectivity index (χ0) is 21.9. The van der Waals surface area contributed by atoms with Crippen LogP contribution >= 0.6 is 0 Å². The van der Waals surface area contributed by atoms with Crippen molar-refractivity contribution in [1.29, 1.82) is 0 Å². The normalized spacial score (nSPS) is 16.8. The molecule has 1 heterocycles. The second-order valence-corrected chi connectivity index (χ2v) is 9.48. The molecular formula is C22H29N3O4S. The minimum absolute atomic E-state index is 0.148. The van der Waals surface area contributed by atoms with Gasteiger partial charge in [-0.15, -0.1) is 0 Å². The molecule has 1 aliphatic heterocycles. The lowest BCUT2D eigenvalue weighted by Gasteiger charge is -2.37. The van der Waals surface area contributed by atoms with Crippen molar-refractivity contribution in [1.82, 2.24) is 9.21 Å². The van der Waals surface area contributed by atoms with E-state index in [4.69, 9.17) is 4.74 Å². The first kappa shape index (κ1) is 22.3. The second kappa shape index (κ2) is 9.16. The Labute approximate surface area is 178 Å². The summed E-state index contributed by atoms with van der Waals surface area (Å²) in [6.45, 7) is 7.21. The SMILES string of the molecule is COc1ccccc1NC(=O)[C@H](C)N1CCN(S(=O)(=O)c2cc(C)ccc2C)CC1. The fourth-order valence-corrected chi connectivity index (χ4v) is 5.34. The monoisotopic (exact) mass is 431 g/mol. The molecule has 1 N–H and O–H groups in total. The van der Waals surface area contributed by atoms with Crippen LogP contribution in [0, 0.1) is 13.8 Å². The summed E-state index contributed by atoms with van der Waals surface area (Å²) in [7, 11) is -1.99. The van der Waals surface area contributed by atoms with Crippen molar-refractivity contribution in [3.8, 4) is 5.75 Å². The number of para-hydroxylation sites is 2. The van der Waals surface area contributed by atoms with Crippen LogP contribution in [0.4, 0.5) is 5.69 Å². The van der Waals surface area contributed by atoms with Gasteiger partial charge in [-0.3, -0.25) is 9.69 Å². The van der Waals surface area contributed by atoms with Crippen molar-refractivity contribution in [3.63, 3.8) is 0 Å². The molecule has 162 valence electrons. The first-order valence-electron chi connectivity index (χ1n) is 9.99. The van der Waals surface area contributed by atoms with Crippen molar-refractivity contribution < 1.29 is 17.9 Å². The van der Waals surface area contributed by atoms with Gasteiger partial charge >= 0.3 is 0 Å². The Morgan fingerprint density at radius 3 is 2.40 bits per heavy atom. The number of ether oxygens (including phenoxy) is 1. The van der Waals surface area contributed by atoms with Crippen LogP contribution in [0.25, 0.3) is 0 Å². The highest BCUT2D eigenvalue weighted by Crippen LogP contribution is 2.25. The van der Waals surface area contributed by atoms with E-state index in [1.807, 2.05) is 49.9 Å². The lowest BCUT2D eigenvalue weighted by Crippen LogP contribution is -2.54. The van der Waals surface area contributed by atoms with E-state index in [0.717, 1.165) is 11.1 Å². The number of aryl methyl sites for hydroxylation is 2. The van der Waals surface area contributed by atoms with E-state index >= 15 is 0 Å². The van der Waals surface area contributed by atoms with Gasteiger partial charge in [0.2, 0.25) is 15.9 Å². The second-order valence-electron chi connectivity index (χ2n) is 7.57. The average Bonchev–Trinajstić information content (AvgIpc) is 2.75. The molecule has 1 saturated heterocycles. The van der Waals surface area contributed by atoms with E-state index in [2.05, 4.69) is 5.32 Å². The maximum Gasteiger partial charge on any atom is 0.243 e. The summed E-state index contributed by atoms with van der Waals surface area (Å²) in [5.74, 6) is 0.452. The lowest BCUT2D eigenvalue weighted by molar-refractivity contribution is -0.121. The minimum atomic E-state index is -3.55. The number of hydrogen-bond donors (Lipinski definition) is 1. The standard InChI is InChI=1S/C22H29N3O4S/c1-16-9-10-17(2)21(15-16)30(27,28)25-13-11-24(12-14-25)18(3)22(26)23-19-7-5-6-8-20(19)29-4/h5-10,15,18H,11-14H2,1-4H3,(H,23,26)/t18-/m0/s1. The molecular weight excluding hydrogens is 402 g/mol. The molecule has 3 rings (SSSR count). The van der Waals surface area contributed by atoms with Crippen LogP contribution in [-0.2, 0) is 14.8 Å². The van der Waals surface area contributed by atoms with Gasteiger partial charge in [0.15, 0.2) is 0 Å². The number of sulfonamides is 1. The first-order valence-corrected chi connectivity index (χ1v) is 11.4. The highest BCUT2D eigenvalue weighted by atomic mass is 32.2. The Kier molecular flexibility index (Phi) is 6.80. The highest BCUT2D eigenvalue weighted by molar-refractivity contribution is 7.89. The molecule has 7 nitrogen and oxygen atoms in total. The third-order valence-electron chi connectivity index (χ3n) is 5.53. The van der Waals surface area contributed by atoms with Gasteiger partial charge < -0.3 is 10.1 Å². The van der Waals surface area contributed by atoms with Crippen LogP contribution in [0.1, 0.15) is 18.1 Å². The predicted octanol–water partition coefficient (Wildman–Crippen LogP) is 2.65. The number of hydrogen-bond acceptors (Lipinski definition) is 5. The van der Waals surface area contributed by atoms with Crippen molar-refractivity contribution in [3.05, 3.63) is 53.6 Å². The maximum atomic E-state index is 13.1. The molecule has 0 radical (unpaired) electrons. The molecule has 0 saturated carbocycles. The fraction of sp³-hybridized carbons (Fsp3) is 0.409. The summed E-state index contributed by atoms with van der Waals surface area (Å²) in [6.07, 6.45) is 0. The smallest absolute Gasteiger partial charge is 0.243 e. The summed E-state index contributed by atoms with van der Waals surface area (Å²) in [6, 6.07) is 12.3. The Bertz CT molecular complexity index is 1010. The Balaban J connectivity index is 1.64. The molecule has 0 unspecified atom stereocenters. The van der Waals surface area contributed by atoms with Gasteiger partial charge in [-0.25, -0.2) is 8.42 Å². The van der Waals surface area contributed by atoms with Crippen LogP contribution in [0.5, 0.6) is 5.75 Å². The Hall–Kier alpha value is -2.42. The summed E-state index contributed by atoms with van der Waals surface area (Å²) >= 11 is 0. The van der Waals surface area contributed by atoms with Crippen LogP contribution in [0.3, 0.4) is 0 Å². The van der Waals surface area contributed by atoms with Crippen molar-refractivity contribution in [2.45, 2.75) is 31.7 Å². The van der Waals surface area contributed by atoms with Crippen LogP contribution < -0.4 is 10.1 Å². The molecule has 1 fully saturated rings. The fourth-order valence-electron chi connectivity index (χ4n) is 3.61. The van der Waals surface area contributed by atoms with Gasteiger partial charge in [-0.05, 0) is 50.1 Å². The van der Waals surface area contributed by atoms with E-state index in [1.165, 1.54) is 4.31 Å². The number of nitrogens with one attached hydrogen (secondary N) is 1. The number of anilines is 1. The predicted molar refractivity (Wildman–Crippen MR) is 117 cm³/mol. The van der Waals surface area contributed by atoms with Gasteiger partial charge in [-0.2, -0.15) is 4.31 Å². The van der Waals surface area contributed by atoms with E-state index in [-0.39, 0.29) is 11.9 Å². The number of amides is 1. The molecule has 1 amide bonds. The number of piperazine rings is 1. The number of benzene rings is 2. The van der Waals surface area contributed by atoms with E-state index < -0.39 is 10.0 Å². The number of methoxy groups -OCH3 is 1. The molecule has 30 heavy (non-hydrogen) atoms. The summed E-state index contributed by atoms with van der Waals surface area (Å²) in [5.41, 5.74) is 2.28. The maximum absolute atomic E-state index is 13.1. The van der Waals surface area contributed by atoms with Crippen LogP contribution in [-0.4, -0.2) is 62.9 Å². The van der Waals surface area contributed by atoms with Gasteiger partial charge in [0.1, 0.15) is 5.75 Å². The molecule has 8 heteroatoms. The Morgan fingerprint density at radius 2 is 1.73 bits per heavy atom. The average molecular weight is 432 g/mol. The molecule has 0 aliphatic carbocycles. The highest BCUT2D eigenvalue weighted by Gasteiger charge is 2.32. The summed E-state index contributed by atoms with van der Waals surface area (Å²) in [5, 5.41) is 2.90. The topological polar surface area (TPSA) is 79.0 Å². The third kappa shape index (κ3) is 4.66. The van der Waals surface area contributed by atoms with Gasteiger partial charge in [0.25, 0.3) is 0 Å². The van der Waals surface area contributed by atoms with E-state index in [9.17, 15) is 13.2 Å². The van der Waals surface area contributed by atoms with E-state index in [1.54, 1.807) is 25.3 Å². The lowest BCUT2D eigenvalue weighted by atomic mass is 10.2. The molecule has 0 spiro atoms. The quantitative estimate of drug-likeness (QED) is 0.761. The van der Waals surface area contributed by atoms with Crippen molar-refractivity contribution >= 4 is 21.6 Å². The van der Waals surface area contributed by atoms with Crippen molar-refractivity contribution in [2.75, 3.05) is 38.6 Å². The van der Waals surface area contributed by atoms with Gasteiger partial charge in [0, 0.05) is 26.2 Å². The van der Waals surface area contributed by atoms with Gasteiger partial charge in [0.05, 0.1) is 23.7 Å².